The van der Waals surface area contributed by atoms with Crippen LogP contribution in [0.25, 0.3) is 0 Å². The van der Waals surface area contributed by atoms with Crippen LogP contribution in [0.2, 0.25) is 0 Å². The Morgan fingerprint density at radius 1 is 1.00 bits per heavy atom. The fourth-order valence-electron chi connectivity index (χ4n) is 3.72. The predicted octanol–water partition coefficient (Wildman–Crippen LogP) is 4.70. The van der Waals surface area contributed by atoms with Gasteiger partial charge in [0, 0.05) is 49.2 Å². The molecule has 0 radical (unpaired) electrons. The number of aryl methyl sites for hydroxylation is 1. The van der Waals surface area contributed by atoms with Gasteiger partial charge < -0.3 is 9.80 Å². The summed E-state index contributed by atoms with van der Waals surface area (Å²) in [7, 11) is 0. The number of piperazine rings is 1. The maximum absolute atomic E-state index is 13.0. The molecule has 0 saturated carbocycles. The summed E-state index contributed by atoms with van der Waals surface area (Å²) in [5, 5.41) is 5.06. The summed E-state index contributed by atoms with van der Waals surface area (Å²) in [5.74, 6) is -0.261. The average molecular weight is 489 g/mol. The van der Waals surface area contributed by atoms with Gasteiger partial charge >= 0.3 is 6.18 Å². The largest absolute Gasteiger partial charge is 0.416 e. The molecule has 1 aliphatic rings. The van der Waals surface area contributed by atoms with Gasteiger partial charge in [0.15, 0.2) is 5.13 Å². The highest BCUT2D eigenvalue weighted by Gasteiger charge is 2.31. The van der Waals surface area contributed by atoms with Crippen molar-refractivity contribution in [3.05, 3.63) is 76.8 Å². The predicted molar refractivity (Wildman–Crippen MR) is 125 cm³/mol. The second kappa shape index (κ2) is 10.3. The van der Waals surface area contributed by atoms with E-state index >= 15 is 0 Å². The quantitative estimate of drug-likeness (QED) is 0.547. The van der Waals surface area contributed by atoms with Crippen LogP contribution >= 0.6 is 11.3 Å². The number of rotatable bonds is 6. The maximum atomic E-state index is 13.0. The van der Waals surface area contributed by atoms with E-state index in [0.29, 0.717) is 49.0 Å². The number of amides is 2. The van der Waals surface area contributed by atoms with Crippen LogP contribution in [0, 0.1) is 0 Å². The molecule has 1 N–H and O–H groups in total. The second-order valence-corrected chi connectivity index (χ2v) is 8.74. The Morgan fingerprint density at radius 3 is 2.44 bits per heavy atom. The summed E-state index contributed by atoms with van der Waals surface area (Å²) in [6.45, 7) is 1.84. The third-order valence-electron chi connectivity index (χ3n) is 5.57. The van der Waals surface area contributed by atoms with Crippen molar-refractivity contribution < 1.29 is 22.8 Å². The van der Waals surface area contributed by atoms with E-state index in [9.17, 15) is 22.8 Å². The first-order valence-electron chi connectivity index (χ1n) is 10.8. The maximum Gasteiger partial charge on any atom is 0.416 e. The van der Waals surface area contributed by atoms with Gasteiger partial charge in [-0.15, -0.1) is 11.3 Å². The van der Waals surface area contributed by atoms with Crippen LogP contribution in [-0.2, 0) is 17.4 Å². The molecule has 10 heteroatoms. The smallest absolute Gasteiger partial charge is 0.368 e. The van der Waals surface area contributed by atoms with E-state index < -0.39 is 11.7 Å². The van der Waals surface area contributed by atoms with Crippen LogP contribution < -0.4 is 10.2 Å². The molecule has 4 rings (SSSR count). The van der Waals surface area contributed by atoms with Gasteiger partial charge in [-0.2, -0.15) is 13.2 Å². The third-order valence-corrected chi connectivity index (χ3v) is 6.38. The number of nitrogens with zero attached hydrogens (tertiary/aromatic N) is 3. The monoisotopic (exact) mass is 488 g/mol. The molecule has 2 aromatic carbocycles. The molecule has 3 aromatic rings. The lowest BCUT2D eigenvalue weighted by molar-refractivity contribution is -0.137. The van der Waals surface area contributed by atoms with Gasteiger partial charge in [0.1, 0.15) is 0 Å². The number of carbonyl (C=O) groups excluding carboxylic acids is 2. The molecule has 1 aliphatic heterocycles. The van der Waals surface area contributed by atoms with E-state index in [4.69, 9.17) is 0 Å². The molecule has 1 aromatic heterocycles. The lowest BCUT2D eigenvalue weighted by Gasteiger charge is -2.36. The van der Waals surface area contributed by atoms with Gasteiger partial charge in [0.05, 0.1) is 11.3 Å². The SMILES string of the molecule is O=C(Nc1nc(CCC(=O)N2CCN(c3cccc(C(F)(F)F)c3)CC2)cs1)c1ccccc1. The lowest BCUT2D eigenvalue weighted by atomic mass is 10.1. The molecule has 1 fully saturated rings. The van der Waals surface area contributed by atoms with Crippen LogP contribution in [-0.4, -0.2) is 47.9 Å². The minimum Gasteiger partial charge on any atom is -0.368 e. The number of benzene rings is 2. The Bertz CT molecular complexity index is 1140. The number of hydrogen-bond donors (Lipinski definition) is 1. The van der Waals surface area contributed by atoms with Crippen molar-refractivity contribution in [3.8, 4) is 0 Å². The van der Waals surface area contributed by atoms with E-state index in [1.54, 1.807) is 35.2 Å². The van der Waals surface area contributed by atoms with E-state index in [-0.39, 0.29) is 18.2 Å². The summed E-state index contributed by atoms with van der Waals surface area (Å²) >= 11 is 1.31. The third kappa shape index (κ3) is 5.93. The number of anilines is 2. The van der Waals surface area contributed by atoms with E-state index in [2.05, 4.69) is 10.3 Å². The highest BCUT2D eigenvalue weighted by molar-refractivity contribution is 7.14. The second-order valence-electron chi connectivity index (χ2n) is 7.88. The number of aromatic nitrogens is 1. The van der Waals surface area contributed by atoms with Crippen LogP contribution in [0.1, 0.15) is 28.0 Å². The molecule has 2 amide bonds. The molecular formula is C24H23F3N4O2S. The zero-order valence-corrected chi connectivity index (χ0v) is 19.0. The Kier molecular flexibility index (Phi) is 7.16. The zero-order chi connectivity index (χ0) is 24.1. The van der Waals surface area contributed by atoms with Gasteiger partial charge in [0.2, 0.25) is 5.91 Å². The first-order chi connectivity index (χ1) is 16.3. The molecule has 0 atom stereocenters. The summed E-state index contributed by atoms with van der Waals surface area (Å²) < 4.78 is 38.9. The number of thiazole rings is 1. The van der Waals surface area contributed by atoms with Crippen molar-refractivity contribution in [1.82, 2.24) is 9.88 Å². The standard InChI is InChI=1S/C24H23F3N4O2S/c25-24(26,27)18-7-4-8-20(15-18)30-11-13-31(14-12-30)21(32)10-9-19-16-34-23(28-19)29-22(33)17-5-2-1-3-6-17/h1-8,15-16H,9-14H2,(H,28,29,33). The van der Waals surface area contributed by atoms with Crippen LogP contribution in [0.5, 0.6) is 0 Å². The van der Waals surface area contributed by atoms with Gasteiger partial charge in [0.25, 0.3) is 5.91 Å². The molecule has 0 bridgehead atoms. The number of hydrogen-bond acceptors (Lipinski definition) is 5. The summed E-state index contributed by atoms with van der Waals surface area (Å²) in [6.07, 6.45) is -3.66. The van der Waals surface area contributed by atoms with Gasteiger partial charge in [-0.1, -0.05) is 24.3 Å². The van der Waals surface area contributed by atoms with Crippen molar-refractivity contribution in [2.24, 2.45) is 0 Å². The van der Waals surface area contributed by atoms with Crippen molar-refractivity contribution in [1.29, 1.82) is 0 Å². The van der Waals surface area contributed by atoms with Crippen molar-refractivity contribution >= 4 is 34.0 Å². The highest BCUT2D eigenvalue weighted by atomic mass is 32.1. The van der Waals surface area contributed by atoms with Crippen LogP contribution in [0.4, 0.5) is 24.0 Å². The average Bonchev–Trinajstić information content (AvgIpc) is 3.30. The molecule has 0 aliphatic carbocycles. The van der Waals surface area contributed by atoms with E-state index in [1.165, 1.54) is 17.4 Å². The van der Waals surface area contributed by atoms with E-state index in [0.717, 1.165) is 17.8 Å². The topological polar surface area (TPSA) is 65.5 Å². The number of nitrogens with one attached hydrogen (secondary N) is 1. The minimum atomic E-state index is -4.38. The lowest BCUT2D eigenvalue weighted by Crippen LogP contribution is -2.48. The van der Waals surface area contributed by atoms with Gasteiger partial charge in [-0.25, -0.2) is 4.98 Å². The normalized spacial score (nSPS) is 14.2. The Balaban J connectivity index is 1.25. The highest BCUT2D eigenvalue weighted by Crippen LogP contribution is 2.32. The molecule has 6 nitrogen and oxygen atoms in total. The molecule has 0 spiro atoms. The number of carbonyl (C=O) groups is 2. The van der Waals surface area contributed by atoms with Gasteiger partial charge in [-0.05, 0) is 36.8 Å². The van der Waals surface area contributed by atoms with Crippen LogP contribution in [0.3, 0.4) is 0 Å². The fraction of sp³-hybridized carbons (Fsp3) is 0.292. The fourth-order valence-corrected chi connectivity index (χ4v) is 4.46. The van der Waals surface area contributed by atoms with E-state index in [1.807, 2.05) is 16.3 Å². The van der Waals surface area contributed by atoms with Crippen molar-refractivity contribution in [2.45, 2.75) is 19.0 Å². The first-order valence-corrected chi connectivity index (χ1v) is 11.7. The Labute approximate surface area is 199 Å². The summed E-state index contributed by atoms with van der Waals surface area (Å²) in [4.78, 5) is 32.8. The first kappa shape index (κ1) is 23.7. The summed E-state index contributed by atoms with van der Waals surface area (Å²) in [5.41, 5.74) is 1.10. The van der Waals surface area contributed by atoms with Gasteiger partial charge in [-0.3, -0.25) is 14.9 Å². The van der Waals surface area contributed by atoms with Crippen LogP contribution in [0.15, 0.2) is 60.0 Å². The Hall–Kier alpha value is -3.40. The van der Waals surface area contributed by atoms with Crippen molar-refractivity contribution in [3.63, 3.8) is 0 Å². The number of halogens is 3. The summed E-state index contributed by atoms with van der Waals surface area (Å²) in [6, 6.07) is 14.1. The molecule has 1 saturated heterocycles. The molecule has 0 unspecified atom stereocenters. The minimum absolute atomic E-state index is 0.0217. The number of alkyl halides is 3. The zero-order valence-electron chi connectivity index (χ0n) is 18.2. The molecular weight excluding hydrogens is 465 g/mol. The Morgan fingerprint density at radius 2 is 1.74 bits per heavy atom. The molecule has 178 valence electrons. The molecule has 34 heavy (non-hydrogen) atoms. The molecule has 2 heterocycles. The van der Waals surface area contributed by atoms with Crippen molar-refractivity contribution in [2.75, 3.05) is 36.4 Å².